The van der Waals surface area contributed by atoms with E-state index in [0.29, 0.717) is 5.56 Å². The quantitative estimate of drug-likeness (QED) is 0.805. The molecule has 0 unspecified atom stereocenters. The Kier molecular flexibility index (Phi) is 6.37. The lowest BCUT2D eigenvalue weighted by atomic mass is 9.87. The highest BCUT2D eigenvalue weighted by molar-refractivity contribution is 6.30. The van der Waals surface area contributed by atoms with E-state index in [4.69, 9.17) is 11.6 Å². The fourth-order valence-corrected chi connectivity index (χ4v) is 2.48. The average molecular weight is 377 g/mol. The molecule has 6 heteroatoms. The lowest BCUT2D eigenvalue weighted by molar-refractivity contribution is -0.116. The highest BCUT2D eigenvalue weighted by Crippen LogP contribution is 2.22. The van der Waals surface area contributed by atoms with E-state index in [9.17, 15) is 14.0 Å². The maximum atomic E-state index is 13.6. The van der Waals surface area contributed by atoms with Crippen LogP contribution in [0.4, 0.5) is 10.1 Å². The molecule has 2 aromatic carbocycles. The maximum Gasteiger partial charge on any atom is 0.251 e. The number of benzene rings is 2. The van der Waals surface area contributed by atoms with E-state index < -0.39 is 11.7 Å². The van der Waals surface area contributed by atoms with Gasteiger partial charge in [0.1, 0.15) is 5.82 Å². The van der Waals surface area contributed by atoms with Crippen LogP contribution in [0.2, 0.25) is 5.02 Å². The summed E-state index contributed by atoms with van der Waals surface area (Å²) in [6, 6.07) is 11.4. The molecule has 2 rings (SSSR count). The minimum atomic E-state index is -0.603. The molecule has 26 heavy (non-hydrogen) atoms. The minimum Gasteiger partial charge on any atom is -0.352 e. The van der Waals surface area contributed by atoms with Gasteiger partial charge < -0.3 is 10.6 Å². The molecular formula is C20H22ClFN2O2. The second kappa shape index (κ2) is 8.32. The number of rotatable bonds is 5. The van der Waals surface area contributed by atoms with Gasteiger partial charge in [0.25, 0.3) is 5.91 Å². The van der Waals surface area contributed by atoms with Crippen LogP contribution in [0.1, 0.15) is 43.1 Å². The van der Waals surface area contributed by atoms with Crippen LogP contribution in [0.15, 0.2) is 42.5 Å². The van der Waals surface area contributed by atoms with Crippen molar-refractivity contribution in [1.82, 2.24) is 5.32 Å². The smallest absolute Gasteiger partial charge is 0.251 e. The van der Waals surface area contributed by atoms with Crippen molar-refractivity contribution >= 4 is 29.1 Å². The van der Waals surface area contributed by atoms with E-state index in [1.807, 2.05) is 12.1 Å². The Hall–Kier alpha value is -2.40. The van der Waals surface area contributed by atoms with Crippen molar-refractivity contribution in [3.63, 3.8) is 0 Å². The van der Waals surface area contributed by atoms with Crippen molar-refractivity contribution in [2.45, 2.75) is 32.6 Å². The highest BCUT2D eigenvalue weighted by Gasteiger charge is 2.14. The number of anilines is 1. The molecule has 0 spiro atoms. The number of hydrogen-bond acceptors (Lipinski definition) is 2. The number of carbonyl (C=O) groups is 2. The molecule has 0 bridgehead atoms. The molecule has 0 saturated carbocycles. The first-order valence-electron chi connectivity index (χ1n) is 8.30. The van der Waals surface area contributed by atoms with Crippen molar-refractivity contribution in [2.24, 2.45) is 0 Å². The third-order valence-corrected chi connectivity index (χ3v) is 4.09. The number of amides is 2. The van der Waals surface area contributed by atoms with Crippen LogP contribution in [0.25, 0.3) is 0 Å². The predicted molar refractivity (Wildman–Crippen MR) is 102 cm³/mol. The van der Waals surface area contributed by atoms with E-state index >= 15 is 0 Å². The molecule has 0 aromatic heterocycles. The first kappa shape index (κ1) is 19.9. The van der Waals surface area contributed by atoms with Gasteiger partial charge in [0.2, 0.25) is 5.91 Å². The molecule has 2 aromatic rings. The first-order valence-corrected chi connectivity index (χ1v) is 8.68. The van der Waals surface area contributed by atoms with E-state index in [2.05, 4.69) is 31.4 Å². The Bertz CT molecular complexity index is 798. The van der Waals surface area contributed by atoms with Gasteiger partial charge in [0.15, 0.2) is 0 Å². The molecule has 0 aliphatic heterocycles. The summed E-state index contributed by atoms with van der Waals surface area (Å²) in [5.41, 5.74) is 1.74. The largest absolute Gasteiger partial charge is 0.352 e. The Morgan fingerprint density at radius 3 is 2.31 bits per heavy atom. The van der Waals surface area contributed by atoms with Gasteiger partial charge in [0.05, 0.1) is 5.69 Å². The number of carbonyl (C=O) groups excluding carboxylic acids is 2. The summed E-state index contributed by atoms with van der Waals surface area (Å²) >= 11 is 5.66. The van der Waals surface area contributed by atoms with Gasteiger partial charge in [-0.25, -0.2) is 4.39 Å². The minimum absolute atomic E-state index is 0.0179. The van der Waals surface area contributed by atoms with Crippen LogP contribution < -0.4 is 10.6 Å². The zero-order chi connectivity index (χ0) is 19.3. The van der Waals surface area contributed by atoms with Crippen LogP contribution in [0.3, 0.4) is 0 Å². The zero-order valence-electron chi connectivity index (χ0n) is 15.0. The fourth-order valence-electron chi connectivity index (χ4n) is 2.32. The molecule has 138 valence electrons. The average Bonchev–Trinajstić information content (AvgIpc) is 2.56. The molecule has 4 nitrogen and oxygen atoms in total. The summed E-state index contributed by atoms with van der Waals surface area (Å²) in [7, 11) is 0. The molecule has 2 N–H and O–H groups in total. The van der Waals surface area contributed by atoms with Crippen LogP contribution >= 0.6 is 11.6 Å². The molecule has 0 saturated heterocycles. The molecule has 2 amide bonds. The summed E-state index contributed by atoms with van der Waals surface area (Å²) < 4.78 is 13.6. The van der Waals surface area contributed by atoms with Gasteiger partial charge in [-0.3, -0.25) is 9.59 Å². The molecule has 0 aliphatic rings. The van der Waals surface area contributed by atoms with Crippen molar-refractivity contribution in [3.05, 3.63) is 64.4 Å². The number of nitrogens with one attached hydrogen (secondary N) is 2. The maximum absolute atomic E-state index is 13.6. The van der Waals surface area contributed by atoms with Crippen LogP contribution in [-0.2, 0) is 10.2 Å². The second-order valence-electron chi connectivity index (χ2n) is 7.01. The molecule has 0 aliphatic carbocycles. The summed E-state index contributed by atoms with van der Waals surface area (Å²) in [5.74, 6) is -1.25. The fraction of sp³-hybridized carbons (Fsp3) is 0.300. The van der Waals surface area contributed by atoms with Gasteiger partial charge in [0, 0.05) is 23.6 Å². The molecular weight excluding hydrogens is 355 g/mol. The number of hydrogen-bond donors (Lipinski definition) is 2. The molecule has 0 atom stereocenters. The van der Waals surface area contributed by atoms with E-state index in [1.165, 1.54) is 12.1 Å². The monoisotopic (exact) mass is 376 g/mol. The normalized spacial score (nSPS) is 11.1. The predicted octanol–water partition coefficient (Wildman–Crippen LogP) is 4.54. The van der Waals surface area contributed by atoms with Gasteiger partial charge >= 0.3 is 0 Å². The molecule has 0 radical (unpaired) electrons. The SMILES string of the molecule is CC(C)(C)c1ccc(C(=O)NCCC(=O)Nc2ccc(Cl)cc2F)cc1. The summed E-state index contributed by atoms with van der Waals surface area (Å²) in [4.78, 5) is 24.0. The third-order valence-electron chi connectivity index (χ3n) is 3.86. The second-order valence-corrected chi connectivity index (χ2v) is 7.44. The standard InChI is InChI=1S/C20H22ClFN2O2/c1-20(2,3)14-6-4-13(5-7-14)19(26)23-11-10-18(25)24-17-9-8-15(21)12-16(17)22/h4-9,12H,10-11H2,1-3H3,(H,23,26)(H,24,25). The summed E-state index contributed by atoms with van der Waals surface area (Å²) in [6.07, 6.45) is 0.0356. The lowest BCUT2D eigenvalue weighted by Gasteiger charge is -2.19. The van der Waals surface area contributed by atoms with E-state index in [-0.39, 0.29) is 35.0 Å². The van der Waals surface area contributed by atoms with Crippen molar-refractivity contribution in [1.29, 1.82) is 0 Å². The van der Waals surface area contributed by atoms with E-state index in [0.717, 1.165) is 11.6 Å². The first-order chi connectivity index (χ1) is 12.2. The van der Waals surface area contributed by atoms with Gasteiger partial charge in [-0.2, -0.15) is 0 Å². The van der Waals surface area contributed by atoms with Crippen molar-refractivity contribution in [2.75, 3.05) is 11.9 Å². The number of halogens is 2. The van der Waals surface area contributed by atoms with Gasteiger partial charge in [-0.05, 0) is 41.3 Å². The topological polar surface area (TPSA) is 58.2 Å². The Labute approximate surface area is 157 Å². The van der Waals surface area contributed by atoms with Gasteiger partial charge in [-0.1, -0.05) is 44.5 Å². The summed E-state index contributed by atoms with van der Waals surface area (Å²) in [5, 5.41) is 5.39. The lowest BCUT2D eigenvalue weighted by Crippen LogP contribution is -2.27. The third kappa shape index (κ3) is 5.56. The summed E-state index contributed by atoms with van der Waals surface area (Å²) in [6.45, 7) is 6.46. The molecule has 0 fully saturated rings. The van der Waals surface area contributed by atoms with Crippen LogP contribution in [-0.4, -0.2) is 18.4 Å². The highest BCUT2D eigenvalue weighted by atomic mass is 35.5. The Morgan fingerprint density at radius 2 is 1.73 bits per heavy atom. The van der Waals surface area contributed by atoms with E-state index in [1.54, 1.807) is 12.1 Å². The van der Waals surface area contributed by atoms with Gasteiger partial charge in [-0.15, -0.1) is 0 Å². The van der Waals surface area contributed by atoms with Crippen molar-refractivity contribution < 1.29 is 14.0 Å². The molecule has 0 heterocycles. The van der Waals surface area contributed by atoms with Crippen molar-refractivity contribution in [3.8, 4) is 0 Å². The Morgan fingerprint density at radius 1 is 1.08 bits per heavy atom. The van der Waals surface area contributed by atoms with Crippen LogP contribution in [0, 0.1) is 5.82 Å². The van der Waals surface area contributed by atoms with Crippen LogP contribution in [0.5, 0.6) is 0 Å². The zero-order valence-corrected chi connectivity index (χ0v) is 15.8. The Balaban J connectivity index is 1.83.